The van der Waals surface area contributed by atoms with Crippen LogP contribution < -0.4 is 10.1 Å². The first kappa shape index (κ1) is 15.6. The summed E-state index contributed by atoms with van der Waals surface area (Å²) in [6, 6.07) is 17.2. The van der Waals surface area contributed by atoms with Crippen molar-refractivity contribution in [3.05, 3.63) is 65.7 Å². The summed E-state index contributed by atoms with van der Waals surface area (Å²) >= 11 is 0. The molecule has 2 aromatic carbocycles. The lowest BCUT2D eigenvalue weighted by molar-refractivity contribution is 0.151. The second-order valence-electron chi connectivity index (χ2n) is 5.67. The number of rotatable bonds is 4. The predicted octanol–water partition coefficient (Wildman–Crippen LogP) is 2.71. The van der Waals surface area contributed by atoms with Gasteiger partial charge in [0.15, 0.2) is 5.60 Å². The number of aliphatic imine (C=N–C) groups is 1. The molecule has 1 atom stereocenters. The molecule has 1 heterocycles. The molecule has 0 aliphatic carbocycles. The zero-order valence-electron chi connectivity index (χ0n) is 13.3. The summed E-state index contributed by atoms with van der Waals surface area (Å²) in [6.45, 7) is 1.55. The van der Waals surface area contributed by atoms with Crippen LogP contribution in [0.1, 0.15) is 24.0 Å². The van der Waals surface area contributed by atoms with Crippen LogP contribution in [0.5, 0.6) is 5.75 Å². The van der Waals surface area contributed by atoms with Crippen LogP contribution in [0.3, 0.4) is 0 Å². The molecule has 0 fully saturated rings. The summed E-state index contributed by atoms with van der Waals surface area (Å²) in [6.07, 6.45) is 2.09. The average Bonchev–Trinajstić information content (AvgIpc) is 2.91. The van der Waals surface area contributed by atoms with Gasteiger partial charge in [0, 0.05) is 13.1 Å². The highest BCUT2D eigenvalue weighted by Gasteiger charge is 2.37. The molecule has 0 spiro atoms. The molecule has 23 heavy (non-hydrogen) atoms. The fraction of sp³-hybridized carbons (Fsp3) is 0.316. The summed E-state index contributed by atoms with van der Waals surface area (Å²) in [5, 5.41) is 14.9. The Bertz CT molecular complexity index is 668. The summed E-state index contributed by atoms with van der Waals surface area (Å²) in [7, 11) is 1.63. The first-order valence-corrected chi connectivity index (χ1v) is 7.96. The topological polar surface area (TPSA) is 53.9 Å². The van der Waals surface area contributed by atoms with E-state index in [9.17, 15) is 5.11 Å². The highest BCUT2D eigenvalue weighted by Crippen LogP contribution is 2.32. The fourth-order valence-corrected chi connectivity index (χ4v) is 2.88. The zero-order chi connectivity index (χ0) is 16.1. The maximum Gasteiger partial charge on any atom is 0.172 e. The van der Waals surface area contributed by atoms with Crippen molar-refractivity contribution in [2.24, 2.45) is 4.99 Å². The molecule has 0 saturated carbocycles. The second kappa shape index (κ2) is 6.84. The minimum Gasteiger partial charge on any atom is -0.497 e. The maximum atomic E-state index is 11.6. The Labute approximate surface area is 136 Å². The molecule has 4 heteroatoms. The van der Waals surface area contributed by atoms with Crippen LogP contribution in [0.4, 0.5) is 0 Å². The summed E-state index contributed by atoms with van der Waals surface area (Å²) in [5.41, 5.74) is 0.300. The average molecular weight is 310 g/mol. The zero-order valence-corrected chi connectivity index (χ0v) is 13.3. The van der Waals surface area contributed by atoms with E-state index in [0.29, 0.717) is 5.84 Å². The normalized spacial score (nSPS) is 17.4. The third-order valence-electron chi connectivity index (χ3n) is 4.19. The molecular weight excluding hydrogens is 288 g/mol. The van der Waals surface area contributed by atoms with Gasteiger partial charge in [-0.25, -0.2) is 0 Å². The molecule has 0 aromatic heterocycles. The number of ether oxygens (including phenoxy) is 1. The number of hydrogen-bond acceptors (Lipinski definition) is 4. The molecule has 0 radical (unpaired) electrons. The van der Waals surface area contributed by atoms with E-state index in [0.717, 1.165) is 42.8 Å². The summed E-state index contributed by atoms with van der Waals surface area (Å²) in [4.78, 5) is 4.61. The Morgan fingerprint density at radius 3 is 2.39 bits per heavy atom. The number of nitrogens with zero attached hydrogens (tertiary/aromatic N) is 1. The van der Waals surface area contributed by atoms with E-state index in [2.05, 4.69) is 10.3 Å². The standard InChI is InChI=1S/C19H22N2O2/c1-23-17-11-9-16(10-12-17)19(22,15-7-3-2-4-8-15)18-20-13-5-6-14-21-18/h2-4,7-12,22H,5-6,13-14H2,1H3,(H,20,21). The van der Waals surface area contributed by atoms with Crippen LogP contribution in [0.2, 0.25) is 0 Å². The lowest BCUT2D eigenvalue weighted by atomic mass is 9.85. The van der Waals surface area contributed by atoms with Crippen LogP contribution >= 0.6 is 0 Å². The highest BCUT2D eigenvalue weighted by atomic mass is 16.5. The first-order chi connectivity index (χ1) is 11.2. The van der Waals surface area contributed by atoms with Crippen molar-refractivity contribution in [2.75, 3.05) is 20.2 Å². The molecule has 3 rings (SSSR count). The number of nitrogens with one attached hydrogen (secondary N) is 1. The lowest BCUT2D eigenvalue weighted by Crippen LogP contribution is -2.45. The SMILES string of the molecule is COc1ccc(C(O)(C2=NCCCCN2)c2ccccc2)cc1. The largest absolute Gasteiger partial charge is 0.497 e. The molecule has 1 aliphatic heterocycles. The van der Waals surface area contributed by atoms with Gasteiger partial charge >= 0.3 is 0 Å². The Hall–Kier alpha value is -2.33. The molecule has 2 aromatic rings. The third-order valence-corrected chi connectivity index (χ3v) is 4.19. The fourth-order valence-electron chi connectivity index (χ4n) is 2.88. The van der Waals surface area contributed by atoms with Gasteiger partial charge in [-0.05, 0) is 36.1 Å². The molecule has 0 saturated heterocycles. The van der Waals surface area contributed by atoms with Gasteiger partial charge in [0.05, 0.1) is 7.11 Å². The number of benzene rings is 2. The van der Waals surface area contributed by atoms with E-state index in [1.165, 1.54) is 0 Å². The number of aliphatic hydroxyl groups is 1. The van der Waals surface area contributed by atoms with E-state index in [1.54, 1.807) is 7.11 Å². The quantitative estimate of drug-likeness (QED) is 0.913. The Morgan fingerprint density at radius 1 is 1.00 bits per heavy atom. The van der Waals surface area contributed by atoms with Crippen molar-refractivity contribution in [3.8, 4) is 5.75 Å². The van der Waals surface area contributed by atoms with Gasteiger partial charge in [-0.1, -0.05) is 42.5 Å². The van der Waals surface area contributed by atoms with Gasteiger partial charge in [-0.2, -0.15) is 0 Å². The van der Waals surface area contributed by atoms with Gasteiger partial charge in [0.2, 0.25) is 0 Å². The molecule has 1 unspecified atom stereocenters. The summed E-state index contributed by atoms with van der Waals surface area (Å²) < 4.78 is 5.23. The highest BCUT2D eigenvalue weighted by molar-refractivity contribution is 5.94. The van der Waals surface area contributed by atoms with Crippen LogP contribution in [0.25, 0.3) is 0 Å². The van der Waals surface area contributed by atoms with Crippen LogP contribution in [0, 0.1) is 0 Å². The Kier molecular flexibility index (Phi) is 4.63. The number of hydrogen-bond donors (Lipinski definition) is 2. The maximum absolute atomic E-state index is 11.6. The van der Waals surface area contributed by atoms with Gasteiger partial charge in [0.1, 0.15) is 11.6 Å². The molecule has 120 valence electrons. The van der Waals surface area contributed by atoms with Crippen LogP contribution in [0.15, 0.2) is 59.6 Å². The van der Waals surface area contributed by atoms with Crippen molar-refractivity contribution in [3.63, 3.8) is 0 Å². The van der Waals surface area contributed by atoms with Gasteiger partial charge in [-0.15, -0.1) is 0 Å². The van der Waals surface area contributed by atoms with Gasteiger partial charge < -0.3 is 15.2 Å². The molecule has 1 aliphatic rings. The third kappa shape index (κ3) is 3.08. The molecule has 4 nitrogen and oxygen atoms in total. The van der Waals surface area contributed by atoms with E-state index < -0.39 is 5.60 Å². The van der Waals surface area contributed by atoms with Crippen molar-refractivity contribution >= 4 is 5.84 Å². The smallest absolute Gasteiger partial charge is 0.172 e. The second-order valence-corrected chi connectivity index (χ2v) is 5.67. The molecule has 0 amide bonds. The predicted molar refractivity (Wildman–Crippen MR) is 92.0 cm³/mol. The van der Waals surface area contributed by atoms with Crippen molar-refractivity contribution in [1.29, 1.82) is 0 Å². The minimum absolute atomic E-state index is 0.617. The van der Waals surface area contributed by atoms with E-state index >= 15 is 0 Å². The van der Waals surface area contributed by atoms with Crippen molar-refractivity contribution in [1.82, 2.24) is 5.32 Å². The monoisotopic (exact) mass is 310 g/mol. The number of methoxy groups -OCH3 is 1. The lowest BCUT2D eigenvalue weighted by Gasteiger charge is -2.31. The number of amidine groups is 1. The molecular formula is C19H22N2O2. The minimum atomic E-state index is -1.28. The molecule has 0 bridgehead atoms. The summed E-state index contributed by atoms with van der Waals surface area (Å²) in [5.74, 6) is 1.38. The van der Waals surface area contributed by atoms with Crippen LogP contribution in [-0.2, 0) is 5.60 Å². The van der Waals surface area contributed by atoms with E-state index in [-0.39, 0.29) is 0 Å². The van der Waals surface area contributed by atoms with Crippen molar-refractivity contribution < 1.29 is 9.84 Å². The van der Waals surface area contributed by atoms with Crippen molar-refractivity contribution in [2.45, 2.75) is 18.4 Å². The van der Waals surface area contributed by atoms with Gasteiger partial charge in [0.25, 0.3) is 0 Å². The Balaban J connectivity index is 2.10. The van der Waals surface area contributed by atoms with Gasteiger partial charge in [-0.3, -0.25) is 4.99 Å². The first-order valence-electron chi connectivity index (χ1n) is 7.96. The molecule has 2 N–H and O–H groups in total. The van der Waals surface area contributed by atoms with Crippen LogP contribution in [-0.4, -0.2) is 31.1 Å². The van der Waals surface area contributed by atoms with E-state index in [1.807, 2.05) is 54.6 Å². The Morgan fingerprint density at radius 2 is 1.70 bits per heavy atom. The van der Waals surface area contributed by atoms with E-state index in [4.69, 9.17) is 4.74 Å².